The third-order valence-corrected chi connectivity index (χ3v) is 3.79. The summed E-state index contributed by atoms with van der Waals surface area (Å²) in [5.41, 5.74) is 1.44. The van der Waals surface area contributed by atoms with Gasteiger partial charge in [0.1, 0.15) is 12.4 Å². The lowest BCUT2D eigenvalue weighted by molar-refractivity contribution is 0.199. The summed E-state index contributed by atoms with van der Waals surface area (Å²) < 4.78 is 30.1. The molecule has 0 spiro atoms. The van der Waals surface area contributed by atoms with Gasteiger partial charge in [-0.05, 0) is 30.7 Å². The van der Waals surface area contributed by atoms with Crippen LogP contribution in [0.4, 0.5) is 4.39 Å². The van der Waals surface area contributed by atoms with Gasteiger partial charge in [-0.25, -0.2) is 4.39 Å². The van der Waals surface area contributed by atoms with Crippen LogP contribution < -0.4 is 14.8 Å². The maximum absolute atomic E-state index is 13.7. The highest BCUT2D eigenvalue weighted by atomic mass is 35.5. The second kappa shape index (κ2) is 10.2. The molecule has 6 heteroatoms. The van der Waals surface area contributed by atoms with Crippen LogP contribution in [0.5, 0.6) is 11.5 Å². The van der Waals surface area contributed by atoms with E-state index in [-0.39, 0.29) is 12.4 Å². The van der Waals surface area contributed by atoms with E-state index in [0.29, 0.717) is 41.8 Å². The van der Waals surface area contributed by atoms with E-state index in [4.69, 9.17) is 25.8 Å². The topological polar surface area (TPSA) is 39.7 Å². The Kier molecular flexibility index (Phi) is 7.98. The molecule has 0 heterocycles. The lowest BCUT2D eigenvalue weighted by Gasteiger charge is -2.16. The third-order valence-electron chi connectivity index (χ3n) is 3.51. The molecule has 0 saturated carbocycles. The van der Waals surface area contributed by atoms with Crippen molar-refractivity contribution in [1.82, 2.24) is 5.32 Å². The summed E-state index contributed by atoms with van der Waals surface area (Å²) in [7, 11) is 1.66. The number of nitrogens with one attached hydrogen (secondary N) is 1. The first-order valence-electron chi connectivity index (χ1n) is 8.16. The Bertz CT molecular complexity index is 682. The van der Waals surface area contributed by atoms with E-state index in [9.17, 15) is 4.39 Å². The van der Waals surface area contributed by atoms with Crippen LogP contribution in [0.3, 0.4) is 0 Å². The van der Waals surface area contributed by atoms with E-state index >= 15 is 0 Å². The lowest BCUT2D eigenvalue weighted by atomic mass is 10.2. The van der Waals surface area contributed by atoms with Crippen molar-refractivity contribution in [2.24, 2.45) is 0 Å². The van der Waals surface area contributed by atoms with Crippen LogP contribution in [0.25, 0.3) is 0 Å². The van der Waals surface area contributed by atoms with Gasteiger partial charge in [-0.3, -0.25) is 0 Å². The van der Waals surface area contributed by atoms with Gasteiger partial charge >= 0.3 is 0 Å². The number of ether oxygens (including phenoxy) is 3. The lowest BCUT2D eigenvalue weighted by Crippen LogP contribution is -2.18. The number of halogens is 2. The van der Waals surface area contributed by atoms with E-state index in [2.05, 4.69) is 5.32 Å². The van der Waals surface area contributed by atoms with Crippen LogP contribution in [0, 0.1) is 5.82 Å². The minimum atomic E-state index is -0.310. The molecule has 25 heavy (non-hydrogen) atoms. The zero-order valence-electron chi connectivity index (χ0n) is 14.5. The van der Waals surface area contributed by atoms with Gasteiger partial charge in [0.25, 0.3) is 0 Å². The molecule has 2 aromatic carbocycles. The summed E-state index contributed by atoms with van der Waals surface area (Å²) in [6, 6.07) is 10.2. The van der Waals surface area contributed by atoms with Gasteiger partial charge in [-0.2, -0.15) is 0 Å². The predicted octanol–water partition coefficient (Wildman–Crippen LogP) is 4.19. The molecule has 136 valence electrons. The summed E-state index contributed by atoms with van der Waals surface area (Å²) in [6.07, 6.45) is 0. The second-order valence-corrected chi connectivity index (χ2v) is 5.79. The number of hydrogen-bond donors (Lipinski definition) is 1. The quantitative estimate of drug-likeness (QED) is 0.639. The highest BCUT2D eigenvalue weighted by Crippen LogP contribution is 2.37. The smallest absolute Gasteiger partial charge is 0.180 e. The van der Waals surface area contributed by atoms with Crippen LogP contribution >= 0.6 is 11.6 Å². The first kappa shape index (κ1) is 19.5. The van der Waals surface area contributed by atoms with Crippen LogP contribution in [0.2, 0.25) is 5.02 Å². The molecule has 0 aromatic heterocycles. The number of methoxy groups -OCH3 is 1. The first-order valence-corrected chi connectivity index (χ1v) is 8.54. The van der Waals surface area contributed by atoms with Crippen LogP contribution in [0.15, 0.2) is 36.4 Å². The maximum Gasteiger partial charge on any atom is 0.180 e. The molecule has 0 unspecified atom stereocenters. The summed E-state index contributed by atoms with van der Waals surface area (Å²) in [6.45, 7) is 4.46. The van der Waals surface area contributed by atoms with Gasteiger partial charge in [0.05, 0.1) is 18.2 Å². The molecule has 0 fully saturated rings. The van der Waals surface area contributed by atoms with Crippen molar-refractivity contribution in [2.75, 3.05) is 26.9 Å². The molecule has 0 atom stereocenters. The van der Waals surface area contributed by atoms with Gasteiger partial charge in [0, 0.05) is 25.8 Å². The van der Waals surface area contributed by atoms with Gasteiger partial charge in [-0.1, -0.05) is 29.8 Å². The highest BCUT2D eigenvalue weighted by Gasteiger charge is 2.14. The Morgan fingerprint density at radius 3 is 2.68 bits per heavy atom. The molecule has 2 aromatic rings. The second-order valence-electron chi connectivity index (χ2n) is 5.39. The highest BCUT2D eigenvalue weighted by molar-refractivity contribution is 6.32. The summed E-state index contributed by atoms with van der Waals surface area (Å²) in [5.74, 6) is 0.665. The van der Waals surface area contributed by atoms with E-state index in [1.165, 1.54) is 6.07 Å². The first-order chi connectivity index (χ1) is 12.2. The number of rotatable bonds is 10. The van der Waals surface area contributed by atoms with E-state index in [0.717, 1.165) is 12.1 Å². The molecule has 0 amide bonds. The molecule has 2 rings (SSSR count). The minimum absolute atomic E-state index is 0.0813. The van der Waals surface area contributed by atoms with Crippen molar-refractivity contribution >= 4 is 11.6 Å². The molecule has 0 aliphatic rings. The molecule has 0 saturated heterocycles. The Hall–Kier alpha value is -1.82. The maximum atomic E-state index is 13.7. The molecule has 0 aliphatic heterocycles. The van der Waals surface area contributed by atoms with Crippen molar-refractivity contribution < 1.29 is 18.6 Å². The zero-order chi connectivity index (χ0) is 18.1. The van der Waals surface area contributed by atoms with Crippen molar-refractivity contribution in [3.05, 3.63) is 58.4 Å². The molecule has 0 bridgehead atoms. The Morgan fingerprint density at radius 1 is 1.16 bits per heavy atom. The van der Waals surface area contributed by atoms with Gasteiger partial charge < -0.3 is 19.5 Å². The minimum Gasteiger partial charge on any atom is -0.490 e. The molecule has 0 aliphatic carbocycles. The Labute approximate surface area is 152 Å². The van der Waals surface area contributed by atoms with Crippen LogP contribution in [0.1, 0.15) is 18.1 Å². The monoisotopic (exact) mass is 367 g/mol. The van der Waals surface area contributed by atoms with E-state index in [1.54, 1.807) is 25.3 Å². The van der Waals surface area contributed by atoms with Gasteiger partial charge in [-0.15, -0.1) is 0 Å². The molecular formula is C19H23ClFNO3. The molecule has 4 nitrogen and oxygen atoms in total. The summed E-state index contributed by atoms with van der Waals surface area (Å²) in [4.78, 5) is 0. The Balaban J connectivity index is 2.11. The average Bonchev–Trinajstić information content (AvgIpc) is 2.60. The third kappa shape index (κ3) is 5.88. The SMILES string of the molecule is CCOc1cc(CNCCOC)cc(Cl)c1OCc1ccccc1F. The van der Waals surface area contributed by atoms with Crippen LogP contribution in [-0.2, 0) is 17.9 Å². The molecular weight excluding hydrogens is 345 g/mol. The largest absolute Gasteiger partial charge is 0.490 e. The van der Waals surface area contributed by atoms with E-state index in [1.807, 2.05) is 19.1 Å². The zero-order valence-corrected chi connectivity index (χ0v) is 15.2. The van der Waals surface area contributed by atoms with Gasteiger partial charge in [0.15, 0.2) is 11.5 Å². The Morgan fingerprint density at radius 2 is 1.96 bits per heavy atom. The van der Waals surface area contributed by atoms with Crippen molar-refractivity contribution in [2.45, 2.75) is 20.1 Å². The standard InChI is InChI=1S/C19H23ClFNO3/c1-3-24-18-11-14(12-22-8-9-23-2)10-16(20)19(18)25-13-15-6-4-5-7-17(15)21/h4-7,10-11,22H,3,8-9,12-13H2,1-2H3. The van der Waals surface area contributed by atoms with Crippen molar-refractivity contribution in [3.8, 4) is 11.5 Å². The van der Waals surface area contributed by atoms with Crippen LogP contribution in [-0.4, -0.2) is 26.9 Å². The van der Waals surface area contributed by atoms with Gasteiger partial charge in [0.2, 0.25) is 0 Å². The normalized spacial score (nSPS) is 10.7. The number of hydrogen-bond acceptors (Lipinski definition) is 4. The summed E-state index contributed by atoms with van der Waals surface area (Å²) in [5, 5.41) is 3.69. The fourth-order valence-electron chi connectivity index (χ4n) is 2.30. The fraction of sp³-hybridized carbons (Fsp3) is 0.368. The van der Waals surface area contributed by atoms with E-state index < -0.39 is 0 Å². The van der Waals surface area contributed by atoms with Crippen molar-refractivity contribution in [1.29, 1.82) is 0 Å². The summed E-state index contributed by atoms with van der Waals surface area (Å²) >= 11 is 6.37. The molecule has 0 radical (unpaired) electrons. The number of benzene rings is 2. The average molecular weight is 368 g/mol. The predicted molar refractivity (Wildman–Crippen MR) is 96.9 cm³/mol. The van der Waals surface area contributed by atoms with Crippen molar-refractivity contribution in [3.63, 3.8) is 0 Å². The fourth-order valence-corrected chi connectivity index (χ4v) is 2.59. The molecule has 1 N–H and O–H groups in total.